The van der Waals surface area contributed by atoms with Gasteiger partial charge in [-0.25, -0.2) is 3.63 Å². The quantitative estimate of drug-likeness (QED) is 0.171. The van der Waals surface area contributed by atoms with Crippen molar-refractivity contribution in [2.45, 2.75) is 74.5 Å². The molecular formula is C28H19F17O3S3. The van der Waals surface area contributed by atoms with Gasteiger partial charge in [-0.1, -0.05) is 64.5 Å². The van der Waals surface area contributed by atoms with Crippen molar-refractivity contribution in [1.82, 2.24) is 0 Å². The summed E-state index contributed by atoms with van der Waals surface area (Å²) in [7, 11) is -11.6. The van der Waals surface area contributed by atoms with Crippen LogP contribution in [0.1, 0.15) is 12.8 Å². The average molecular weight is 823 g/mol. The van der Waals surface area contributed by atoms with Gasteiger partial charge in [-0.05, 0) is 47.9 Å². The van der Waals surface area contributed by atoms with Gasteiger partial charge in [-0.15, -0.1) is 0 Å². The van der Waals surface area contributed by atoms with Crippen molar-refractivity contribution >= 4 is 43.0 Å². The fourth-order valence-electron chi connectivity index (χ4n) is 4.89. The number of halogens is 17. The number of hydrogen-bond donors (Lipinski definition) is 0. The summed E-state index contributed by atoms with van der Waals surface area (Å²) in [5, 5.41) is -7.39. The molecule has 1 aliphatic heterocycles. The van der Waals surface area contributed by atoms with Crippen LogP contribution in [0.15, 0.2) is 81.4 Å². The monoisotopic (exact) mass is 822 g/mol. The number of benzene rings is 3. The first-order chi connectivity index (χ1) is 23.0. The van der Waals surface area contributed by atoms with E-state index in [-0.39, 0.29) is 23.1 Å². The lowest BCUT2D eigenvalue weighted by Gasteiger charge is -2.43. The van der Waals surface area contributed by atoms with E-state index in [0.717, 1.165) is 17.8 Å². The van der Waals surface area contributed by atoms with Crippen LogP contribution in [0.2, 0.25) is 0 Å². The summed E-state index contributed by atoms with van der Waals surface area (Å²) >= 11 is 1.15. The van der Waals surface area contributed by atoms with Gasteiger partial charge in [0.2, 0.25) is 0 Å². The van der Waals surface area contributed by atoms with Crippen LogP contribution in [0.25, 0.3) is 10.8 Å². The summed E-state index contributed by atoms with van der Waals surface area (Å²) in [6, 6.07) is 16.5. The predicted octanol–water partition coefficient (Wildman–Crippen LogP) is 11.2. The highest BCUT2D eigenvalue weighted by Gasteiger charge is 2.96. The van der Waals surface area contributed by atoms with Crippen LogP contribution < -0.4 is 0 Å². The molecule has 3 aromatic carbocycles. The smallest absolute Gasteiger partial charge is 0.211 e. The van der Waals surface area contributed by atoms with E-state index in [0.29, 0.717) is 15.2 Å². The maximum atomic E-state index is 15.0. The van der Waals surface area contributed by atoms with Crippen molar-refractivity contribution in [3.63, 3.8) is 0 Å². The Labute approximate surface area is 282 Å². The Kier molecular flexibility index (Phi) is 10.3. The fourth-order valence-corrected chi connectivity index (χ4v) is 11.7. The van der Waals surface area contributed by atoms with Crippen LogP contribution in [-0.2, 0) is 13.7 Å². The fraction of sp³-hybridized carbons (Fsp3) is 0.429. The minimum Gasteiger partial charge on any atom is -0.211 e. The van der Waals surface area contributed by atoms with Crippen LogP contribution in [-0.4, -0.2) is 66.9 Å². The summed E-state index contributed by atoms with van der Waals surface area (Å²) < 4.78 is 265. The predicted molar refractivity (Wildman–Crippen MR) is 150 cm³/mol. The first-order valence-electron chi connectivity index (χ1n) is 13.7. The normalized spacial score (nSPS) is 17.9. The molecule has 0 amide bonds. The number of hydrogen-bond acceptors (Lipinski definition) is 4. The second-order valence-corrected chi connectivity index (χ2v) is 16.9. The minimum absolute atomic E-state index is 0.0601. The molecule has 0 aliphatic carbocycles. The number of alkyl halides is 17. The van der Waals surface area contributed by atoms with Crippen LogP contribution in [0, 0.1) is 0 Å². The third-order valence-electron chi connectivity index (χ3n) is 7.64. The van der Waals surface area contributed by atoms with Crippen LogP contribution in [0.5, 0.6) is 0 Å². The molecule has 1 fully saturated rings. The Morgan fingerprint density at radius 2 is 0.961 bits per heavy atom. The second-order valence-electron chi connectivity index (χ2n) is 10.9. The zero-order chi connectivity index (χ0) is 38.9. The Balaban J connectivity index is 1.79. The lowest BCUT2D eigenvalue weighted by atomic mass is 9.91. The lowest BCUT2D eigenvalue weighted by Crippen LogP contribution is -2.75. The van der Waals surface area contributed by atoms with E-state index < -0.39 is 78.9 Å². The average Bonchev–Trinajstić information content (AvgIpc) is 3.49. The standard InChI is InChI=1S/C28H19F17O3S3/c29-21(30,23(33,34)25(37,38)27(41,42)43)22(31,32)24(35,36)26(39,40)28(44,45)51(46,47)48-50(14-6-7-15-50)20-13-12-19(17-10-4-5-11-18(17)20)49-16-8-2-1-3-9-16/h1-5,8-13H,6-7,14-15H2. The third-order valence-corrected chi connectivity index (χ3v) is 14.4. The Morgan fingerprint density at radius 1 is 0.529 bits per heavy atom. The van der Waals surface area contributed by atoms with Crippen molar-refractivity contribution in [3.8, 4) is 0 Å². The molecule has 0 radical (unpaired) electrons. The van der Waals surface area contributed by atoms with Gasteiger partial charge in [-0.3, -0.25) is 0 Å². The zero-order valence-electron chi connectivity index (χ0n) is 24.6. The summed E-state index contributed by atoms with van der Waals surface area (Å²) in [6.45, 7) is 0. The van der Waals surface area contributed by atoms with Gasteiger partial charge in [0.15, 0.2) is 0 Å². The van der Waals surface area contributed by atoms with Crippen molar-refractivity contribution in [2.24, 2.45) is 0 Å². The first kappa shape index (κ1) is 41.1. The van der Waals surface area contributed by atoms with E-state index in [1.807, 2.05) is 0 Å². The van der Waals surface area contributed by atoms with E-state index in [9.17, 15) is 74.3 Å². The molecule has 0 atom stereocenters. The summed E-state index contributed by atoms with van der Waals surface area (Å²) in [4.78, 5) is 0.874. The summed E-state index contributed by atoms with van der Waals surface area (Å²) in [6.07, 6.45) is -8.06. The van der Waals surface area contributed by atoms with E-state index >= 15 is 8.78 Å². The van der Waals surface area contributed by atoms with Crippen molar-refractivity contribution in [1.29, 1.82) is 0 Å². The topological polar surface area (TPSA) is 43.4 Å². The summed E-state index contributed by atoms with van der Waals surface area (Å²) in [5.74, 6) is -53.2. The number of fused-ring (bicyclic) bond motifs is 1. The molecule has 0 spiro atoms. The molecule has 1 aliphatic rings. The Hall–Kier alpha value is -2.66. The minimum atomic E-state index is -8.92. The molecule has 0 N–H and O–H groups in total. The third kappa shape index (κ3) is 6.10. The second kappa shape index (κ2) is 12.7. The molecule has 0 unspecified atom stereocenters. The summed E-state index contributed by atoms with van der Waals surface area (Å²) in [5.41, 5.74) is 0. The highest BCUT2D eigenvalue weighted by molar-refractivity contribution is 8.33. The largest absolute Gasteiger partial charge is 0.460 e. The van der Waals surface area contributed by atoms with Gasteiger partial charge < -0.3 is 0 Å². The van der Waals surface area contributed by atoms with Crippen LogP contribution in [0.4, 0.5) is 74.6 Å². The molecule has 0 bridgehead atoms. The van der Waals surface area contributed by atoms with Gasteiger partial charge in [0, 0.05) is 26.2 Å². The van der Waals surface area contributed by atoms with Crippen LogP contribution >= 0.6 is 22.1 Å². The van der Waals surface area contributed by atoms with Gasteiger partial charge in [0.05, 0.1) is 0 Å². The Morgan fingerprint density at radius 3 is 1.45 bits per heavy atom. The molecule has 23 heteroatoms. The number of rotatable bonds is 12. The van der Waals surface area contributed by atoms with Gasteiger partial charge in [0.25, 0.3) is 0 Å². The molecular weight excluding hydrogens is 803 g/mol. The maximum Gasteiger partial charge on any atom is 0.460 e. The van der Waals surface area contributed by atoms with Gasteiger partial charge >= 0.3 is 57.1 Å². The molecule has 0 saturated carbocycles. The molecule has 51 heavy (non-hydrogen) atoms. The molecule has 1 saturated heterocycles. The SMILES string of the molecule is O=S(=O)(OS1(c2ccc(Sc3ccccc3)c3ccccc23)CCCC1)C(F)(F)C(F)(F)C(F)(F)C(F)(F)C(F)(F)C(F)(F)C(F)(F)C(F)(F)F. The van der Waals surface area contributed by atoms with Crippen molar-refractivity contribution in [3.05, 3.63) is 66.7 Å². The maximum absolute atomic E-state index is 15.0. The van der Waals surface area contributed by atoms with Gasteiger partial charge in [-0.2, -0.15) is 83.1 Å². The highest BCUT2D eigenvalue weighted by Crippen LogP contribution is 2.68. The van der Waals surface area contributed by atoms with E-state index in [1.165, 1.54) is 30.3 Å². The molecule has 3 nitrogen and oxygen atoms in total. The lowest BCUT2D eigenvalue weighted by molar-refractivity contribution is -0.458. The molecule has 1 heterocycles. The first-order valence-corrected chi connectivity index (χ1v) is 17.8. The van der Waals surface area contributed by atoms with Crippen LogP contribution in [0.3, 0.4) is 0 Å². The van der Waals surface area contributed by atoms with E-state index in [1.54, 1.807) is 30.3 Å². The molecule has 4 rings (SSSR count). The Bertz CT molecular complexity index is 1860. The van der Waals surface area contributed by atoms with E-state index in [4.69, 9.17) is 0 Å². The van der Waals surface area contributed by atoms with Crippen molar-refractivity contribution in [2.75, 3.05) is 11.5 Å². The molecule has 286 valence electrons. The zero-order valence-corrected chi connectivity index (χ0v) is 27.0. The van der Waals surface area contributed by atoms with E-state index in [2.05, 4.69) is 3.63 Å². The molecule has 3 aromatic rings. The van der Waals surface area contributed by atoms with Crippen molar-refractivity contribution < 1.29 is 86.7 Å². The molecule has 0 aromatic heterocycles. The van der Waals surface area contributed by atoms with Gasteiger partial charge in [0.1, 0.15) is 0 Å². The highest BCUT2D eigenvalue weighted by atomic mass is 32.3.